The van der Waals surface area contributed by atoms with Gasteiger partial charge in [0.1, 0.15) is 5.82 Å². The van der Waals surface area contributed by atoms with Gasteiger partial charge in [-0.2, -0.15) is 4.98 Å². The second-order valence-corrected chi connectivity index (χ2v) is 7.78. The summed E-state index contributed by atoms with van der Waals surface area (Å²) in [5, 5.41) is 3.31. The van der Waals surface area contributed by atoms with E-state index in [4.69, 9.17) is 0 Å². The Morgan fingerprint density at radius 3 is 3.05 bits per heavy atom. The Morgan fingerprint density at radius 1 is 1.48 bits per heavy atom. The van der Waals surface area contributed by atoms with Crippen LogP contribution in [0.15, 0.2) is 12.3 Å². The van der Waals surface area contributed by atoms with Crippen molar-refractivity contribution >= 4 is 21.6 Å². The van der Waals surface area contributed by atoms with Gasteiger partial charge < -0.3 is 15.1 Å². The van der Waals surface area contributed by atoms with E-state index in [0.29, 0.717) is 5.95 Å². The van der Waals surface area contributed by atoms with Gasteiger partial charge in [-0.3, -0.25) is 0 Å². The predicted octanol–water partition coefficient (Wildman–Crippen LogP) is -0.492. The zero-order chi connectivity index (χ0) is 15.0. The normalized spacial score (nSPS) is 27.4. The number of nitrogens with zero attached hydrogens (tertiary/aromatic N) is 4. The molecule has 0 saturated carbocycles. The number of hydrogen-bond acceptors (Lipinski definition) is 7. The highest BCUT2D eigenvalue weighted by atomic mass is 32.2. The molecule has 116 valence electrons. The number of rotatable bonds is 3. The Labute approximate surface area is 125 Å². The van der Waals surface area contributed by atoms with E-state index in [-0.39, 0.29) is 23.6 Å². The average Bonchev–Trinajstić information content (AvgIpc) is 2.80. The van der Waals surface area contributed by atoms with Crippen LogP contribution in [0.4, 0.5) is 11.8 Å². The highest BCUT2D eigenvalue weighted by Gasteiger charge is 2.43. The quantitative estimate of drug-likeness (QED) is 0.807. The van der Waals surface area contributed by atoms with Crippen LogP contribution in [0.1, 0.15) is 6.92 Å². The largest absolute Gasteiger partial charge is 0.350 e. The summed E-state index contributed by atoms with van der Waals surface area (Å²) >= 11 is 0. The topological polar surface area (TPSA) is 78.4 Å². The van der Waals surface area contributed by atoms with Gasteiger partial charge in [0.05, 0.1) is 17.5 Å². The van der Waals surface area contributed by atoms with Crippen molar-refractivity contribution in [1.82, 2.24) is 15.3 Å². The summed E-state index contributed by atoms with van der Waals surface area (Å²) in [5.41, 5.74) is 0. The van der Waals surface area contributed by atoms with Crippen LogP contribution in [-0.2, 0) is 9.84 Å². The Bertz CT molecular complexity index is 621. The maximum Gasteiger partial charge on any atom is 0.226 e. The van der Waals surface area contributed by atoms with Crippen LogP contribution < -0.4 is 15.1 Å². The molecule has 0 aromatic carbocycles. The van der Waals surface area contributed by atoms with E-state index in [1.807, 2.05) is 24.9 Å². The third-order valence-electron chi connectivity index (χ3n) is 4.22. The minimum Gasteiger partial charge on any atom is -0.350 e. The van der Waals surface area contributed by atoms with E-state index in [9.17, 15) is 8.42 Å². The van der Waals surface area contributed by atoms with Crippen molar-refractivity contribution in [2.45, 2.75) is 19.0 Å². The highest BCUT2D eigenvalue weighted by Crippen LogP contribution is 2.26. The van der Waals surface area contributed by atoms with Crippen molar-refractivity contribution in [3.63, 3.8) is 0 Å². The third kappa shape index (κ3) is 2.82. The average molecular weight is 311 g/mol. The van der Waals surface area contributed by atoms with Gasteiger partial charge in [-0.15, -0.1) is 0 Å². The lowest BCUT2D eigenvalue weighted by Gasteiger charge is -2.38. The second-order valence-electron chi connectivity index (χ2n) is 5.63. The number of sulfone groups is 1. The monoisotopic (exact) mass is 311 g/mol. The van der Waals surface area contributed by atoms with Crippen LogP contribution in [0.2, 0.25) is 0 Å². The summed E-state index contributed by atoms with van der Waals surface area (Å²) in [5.74, 6) is 1.91. The summed E-state index contributed by atoms with van der Waals surface area (Å²) in [6, 6.07) is 1.84. The van der Waals surface area contributed by atoms with Crippen LogP contribution in [0, 0.1) is 0 Å². The molecule has 21 heavy (non-hydrogen) atoms. The molecule has 0 aliphatic carbocycles. The standard InChI is InChI=1S/C13H21N5O2S/c1-3-17(2)13-15-5-4-12(16-13)18-7-6-14-10-8-21(19,20)9-11(10)18/h4-5,10-11,14H,3,6-9H2,1-2H3/t10-,11+/m1/s1. The molecule has 3 rings (SSSR count). The Morgan fingerprint density at radius 2 is 2.29 bits per heavy atom. The molecular weight excluding hydrogens is 290 g/mol. The molecule has 0 spiro atoms. The molecule has 3 heterocycles. The maximum atomic E-state index is 11.9. The van der Waals surface area contributed by atoms with Gasteiger partial charge in [0.25, 0.3) is 0 Å². The Kier molecular flexibility index (Phi) is 3.75. The summed E-state index contributed by atoms with van der Waals surface area (Å²) in [4.78, 5) is 12.9. The first kappa shape index (κ1) is 14.5. The van der Waals surface area contributed by atoms with E-state index in [2.05, 4.69) is 20.2 Å². The lowest BCUT2D eigenvalue weighted by atomic mass is 10.1. The molecule has 1 N–H and O–H groups in total. The van der Waals surface area contributed by atoms with Crippen molar-refractivity contribution in [1.29, 1.82) is 0 Å². The predicted molar refractivity (Wildman–Crippen MR) is 82.6 cm³/mol. The first-order valence-corrected chi connectivity index (χ1v) is 9.07. The van der Waals surface area contributed by atoms with Gasteiger partial charge in [-0.05, 0) is 13.0 Å². The SMILES string of the molecule is CCN(C)c1nccc(N2CCN[C@@H]3CS(=O)(=O)C[C@@H]32)n1. The van der Waals surface area contributed by atoms with E-state index in [0.717, 1.165) is 25.5 Å². The van der Waals surface area contributed by atoms with E-state index < -0.39 is 9.84 Å². The van der Waals surface area contributed by atoms with E-state index in [1.165, 1.54) is 0 Å². The van der Waals surface area contributed by atoms with E-state index in [1.54, 1.807) is 6.20 Å². The Hall–Kier alpha value is -1.41. The number of aromatic nitrogens is 2. The fourth-order valence-electron chi connectivity index (χ4n) is 2.98. The molecule has 2 aliphatic heterocycles. The molecule has 2 atom stereocenters. The van der Waals surface area contributed by atoms with Crippen molar-refractivity contribution in [3.8, 4) is 0 Å². The van der Waals surface area contributed by atoms with Gasteiger partial charge in [-0.25, -0.2) is 13.4 Å². The molecule has 0 radical (unpaired) electrons. The van der Waals surface area contributed by atoms with Crippen LogP contribution in [-0.4, -0.2) is 68.7 Å². The van der Waals surface area contributed by atoms with Gasteiger partial charge in [-0.1, -0.05) is 0 Å². The van der Waals surface area contributed by atoms with Crippen molar-refractivity contribution in [3.05, 3.63) is 12.3 Å². The molecule has 8 heteroatoms. The smallest absolute Gasteiger partial charge is 0.226 e. The summed E-state index contributed by atoms with van der Waals surface area (Å²) < 4.78 is 23.8. The van der Waals surface area contributed by atoms with Crippen molar-refractivity contribution < 1.29 is 8.42 Å². The van der Waals surface area contributed by atoms with Crippen molar-refractivity contribution in [2.75, 3.05) is 48.0 Å². The van der Waals surface area contributed by atoms with Crippen LogP contribution in [0.5, 0.6) is 0 Å². The van der Waals surface area contributed by atoms with Crippen molar-refractivity contribution in [2.24, 2.45) is 0 Å². The summed E-state index contributed by atoms with van der Waals surface area (Å²) in [6.45, 7) is 4.41. The molecule has 2 aliphatic rings. The molecule has 0 unspecified atom stereocenters. The first-order chi connectivity index (χ1) is 10.00. The number of fused-ring (bicyclic) bond motifs is 1. The number of hydrogen-bond donors (Lipinski definition) is 1. The third-order valence-corrected chi connectivity index (χ3v) is 5.94. The Balaban J connectivity index is 1.89. The highest BCUT2D eigenvalue weighted by molar-refractivity contribution is 7.91. The molecule has 2 saturated heterocycles. The number of nitrogens with one attached hydrogen (secondary N) is 1. The molecule has 1 aromatic rings. The fraction of sp³-hybridized carbons (Fsp3) is 0.692. The molecule has 0 bridgehead atoms. The van der Waals surface area contributed by atoms with Crippen LogP contribution >= 0.6 is 0 Å². The maximum absolute atomic E-state index is 11.9. The lowest BCUT2D eigenvalue weighted by molar-refractivity contribution is 0.422. The molecular formula is C13H21N5O2S. The second kappa shape index (κ2) is 5.42. The first-order valence-electron chi connectivity index (χ1n) is 7.25. The van der Waals surface area contributed by atoms with E-state index >= 15 is 0 Å². The zero-order valence-corrected chi connectivity index (χ0v) is 13.2. The summed E-state index contributed by atoms with van der Waals surface area (Å²) in [6.07, 6.45) is 1.74. The molecule has 7 nitrogen and oxygen atoms in total. The van der Waals surface area contributed by atoms with Gasteiger partial charge in [0.15, 0.2) is 9.84 Å². The van der Waals surface area contributed by atoms with Gasteiger partial charge >= 0.3 is 0 Å². The number of piperazine rings is 1. The van der Waals surface area contributed by atoms with Crippen LogP contribution in [0.25, 0.3) is 0 Å². The minimum atomic E-state index is -2.96. The minimum absolute atomic E-state index is 0.00562. The number of anilines is 2. The molecule has 2 fully saturated rings. The lowest BCUT2D eigenvalue weighted by Crippen LogP contribution is -2.57. The van der Waals surface area contributed by atoms with Gasteiger partial charge in [0, 0.05) is 38.9 Å². The van der Waals surface area contributed by atoms with Crippen LogP contribution in [0.3, 0.4) is 0 Å². The fourth-order valence-corrected chi connectivity index (χ4v) is 4.93. The molecule has 0 amide bonds. The van der Waals surface area contributed by atoms with Gasteiger partial charge in [0.2, 0.25) is 5.95 Å². The summed E-state index contributed by atoms with van der Waals surface area (Å²) in [7, 11) is -1.01. The zero-order valence-electron chi connectivity index (χ0n) is 12.4. The molecule has 1 aromatic heterocycles.